The van der Waals surface area contributed by atoms with Crippen LogP contribution in [0.4, 0.5) is 5.69 Å². The van der Waals surface area contributed by atoms with E-state index in [1.807, 2.05) is 31.2 Å². The van der Waals surface area contributed by atoms with Crippen LogP contribution in [0.3, 0.4) is 0 Å². The monoisotopic (exact) mass is 340 g/mol. The summed E-state index contributed by atoms with van der Waals surface area (Å²) in [6, 6.07) is 12.6. The third-order valence-corrected chi connectivity index (χ3v) is 3.90. The Kier molecular flexibility index (Phi) is 4.88. The molecule has 0 radical (unpaired) electrons. The Labute approximate surface area is 145 Å². The summed E-state index contributed by atoms with van der Waals surface area (Å²) in [6.45, 7) is 2.60. The largest absolute Gasteiger partial charge is 0.497 e. The first-order chi connectivity index (χ1) is 12.1. The van der Waals surface area contributed by atoms with Gasteiger partial charge in [0, 0.05) is 18.3 Å². The van der Waals surface area contributed by atoms with Crippen molar-refractivity contribution in [3.8, 4) is 5.75 Å². The molecule has 1 amide bonds. The molecule has 0 unspecified atom stereocenters. The number of ether oxygens (including phenoxy) is 1. The number of rotatable bonds is 6. The highest BCUT2D eigenvalue weighted by atomic mass is 16.5. The molecule has 25 heavy (non-hydrogen) atoms. The number of benzene rings is 2. The summed E-state index contributed by atoms with van der Waals surface area (Å²) >= 11 is 0. The number of fused-ring (bicyclic) bond motifs is 1. The van der Waals surface area contributed by atoms with E-state index in [9.17, 15) is 9.59 Å². The van der Waals surface area contributed by atoms with Crippen LogP contribution in [-0.2, 0) is 17.8 Å². The van der Waals surface area contributed by atoms with Gasteiger partial charge in [0.2, 0.25) is 5.91 Å². The average molecular weight is 340 g/mol. The van der Waals surface area contributed by atoms with Gasteiger partial charge in [0.05, 0.1) is 19.0 Å². The van der Waals surface area contributed by atoms with Gasteiger partial charge in [0.25, 0.3) is 0 Å². The molecule has 0 fully saturated rings. The summed E-state index contributed by atoms with van der Waals surface area (Å²) in [5.41, 5.74) is 2.66. The molecule has 130 valence electrons. The van der Waals surface area contributed by atoms with Crippen molar-refractivity contribution in [3.63, 3.8) is 0 Å². The average Bonchev–Trinajstić information content (AvgIpc) is 2.90. The smallest absolute Gasteiger partial charge is 0.419 e. The first kappa shape index (κ1) is 16.8. The van der Waals surface area contributed by atoms with Crippen molar-refractivity contribution in [1.82, 2.24) is 4.57 Å². The van der Waals surface area contributed by atoms with Gasteiger partial charge in [-0.15, -0.1) is 0 Å². The second kappa shape index (κ2) is 7.25. The zero-order valence-corrected chi connectivity index (χ0v) is 14.2. The van der Waals surface area contributed by atoms with E-state index in [4.69, 9.17) is 9.15 Å². The summed E-state index contributed by atoms with van der Waals surface area (Å²) in [5.74, 6) is 0.186. The lowest BCUT2D eigenvalue weighted by Crippen LogP contribution is -2.14. The fraction of sp³-hybridized carbons (Fsp3) is 0.263. The molecule has 0 spiro atoms. The minimum atomic E-state index is -0.378. The fourth-order valence-electron chi connectivity index (χ4n) is 2.75. The highest BCUT2D eigenvalue weighted by Gasteiger charge is 2.11. The number of nitrogens with one attached hydrogen (secondary N) is 1. The number of oxazole rings is 1. The second-order valence-electron chi connectivity index (χ2n) is 5.78. The zero-order valence-electron chi connectivity index (χ0n) is 14.2. The lowest BCUT2D eigenvalue weighted by Gasteiger charge is -2.07. The van der Waals surface area contributed by atoms with E-state index in [0.29, 0.717) is 23.6 Å². The van der Waals surface area contributed by atoms with E-state index < -0.39 is 0 Å². The highest BCUT2D eigenvalue weighted by molar-refractivity contribution is 5.94. The summed E-state index contributed by atoms with van der Waals surface area (Å²) in [6.07, 6.45) is 1.07. The van der Waals surface area contributed by atoms with Crippen LogP contribution in [0.15, 0.2) is 51.7 Å². The van der Waals surface area contributed by atoms with Gasteiger partial charge < -0.3 is 14.5 Å². The van der Waals surface area contributed by atoms with Crippen LogP contribution in [-0.4, -0.2) is 17.6 Å². The number of carbonyl (C=O) groups is 1. The molecule has 3 aromatic rings. The van der Waals surface area contributed by atoms with Gasteiger partial charge in [-0.25, -0.2) is 4.79 Å². The third kappa shape index (κ3) is 3.74. The van der Waals surface area contributed by atoms with Crippen molar-refractivity contribution in [2.75, 3.05) is 12.4 Å². The predicted octanol–water partition coefficient (Wildman–Crippen LogP) is 3.19. The van der Waals surface area contributed by atoms with E-state index in [0.717, 1.165) is 17.5 Å². The van der Waals surface area contributed by atoms with Gasteiger partial charge >= 0.3 is 5.76 Å². The third-order valence-electron chi connectivity index (χ3n) is 3.90. The van der Waals surface area contributed by atoms with Crippen LogP contribution in [0.25, 0.3) is 11.1 Å². The molecular formula is C19H20N2O4. The van der Waals surface area contributed by atoms with E-state index in [-0.39, 0.29) is 18.1 Å². The summed E-state index contributed by atoms with van der Waals surface area (Å²) < 4.78 is 12.0. The molecule has 0 saturated heterocycles. The maximum atomic E-state index is 12.2. The predicted molar refractivity (Wildman–Crippen MR) is 96.1 cm³/mol. The molecular weight excluding hydrogens is 320 g/mol. The maximum Gasteiger partial charge on any atom is 0.419 e. The Hall–Kier alpha value is -3.02. The van der Waals surface area contributed by atoms with Gasteiger partial charge in [0.1, 0.15) is 5.75 Å². The lowest BCUT2D eigenvalue weighted by molar-refractivity contribution is -0.115. The first-order valence-corrected chi connectivity index (χ1v) is 8.17. The molecule has 1 aromatic heterocycles. The normalized spacial score (nSPS) is 10.8. The molecule has 0 saturated carbocycles. The minimum Gasteiger partial charge on any atom is -0.497 e. The Morgan fingerprint density at radius 1 is 1.24 bits per heavy atom. The number of hydrogen-bond acceptors (Lipinski definition) is 4. The number of anilines is 1. The van der Waals surface area contributed by atoms with Crippen molar-refractivity contribution in [2.24, 2.45) is 0 Å². The standard InChI is InChI=1S/C19H20N2O4/c1-3-9-21-16-8-7-14(12-17(16)25-19(21)23)20-18(22)11-13-5-4-6-15(10-13)24-2/h4-8,10,12H,3,9,11H2,1-2H3,(H,20,22). The Morgan fingerprint density at radius 3 is 2.84 bits per heavy atom. The molecule has 3 rings (SSSR count). The highest BCUT2D eigenvalue weighted by Crippen LogP contribution is 2.19. The van der Waals surface area contributed by atoms with Gasteiger partial charge in [-0.3, -0.25) is 9.36 Å². The first-order valence-electron chi connectivity index (χ1n) is 8.17. The summed E-state index contributed by atoms with van der Waals surface area (Å²) in [7, 11) is 1.59. The van der Waals surface area contributed by atoms with E-state index in [2.05, 4.69) is 5.32 Å². The fourth-order valence-corrected chi connectivity index (χ4v) is 2.75. The number of nitrogens with zero attached hydrogens (tertiary/aromatic N) is 1. The molecule has 0 aliphatic heterocycles. The van der Waals surface area contributed by atoms with E-state index in [1.54, 1.807) is 29.9 Å². The van der Waals surface area contributed by atoms with Crippen molar-refractivity contribution in [1.29, 1.82) is 0 Å². The molecule has 0 aliphatic rings. The molecule has 0 atom stereocenters. The Bertz CT molecular complexity index is 955. The van der Waals surface area contributed by atoms with E-state index >= 15 is 0 Å². The maximum absolute atomic E-state index is 12.2. The van der Waals surface area contributed by atoms with Crippen molar-refractivity contribution in [2.45, 2.75) is 26.3 Å². The van der Waals surface area contributed by atoms with Crippen LogP contribution in [0.5, 0.6) is 5.75 Å². The van der Waals surface area contributed by atoms with Gasteiger partial charge in [0.15, 0.2) is 5.58 Å². The Balaban J connectivity index is 1.76. The number of aromatic nitrogens is 1. The Morgan fingerprint density at radius 2 is 2.08 bits per heavy atom. The van der Waals surface area contributed by atoms with Crippen LogP contribution in [0.1, 0.15) is 18.9 Å². The van der Waals surface area contributed by atoms with Crippen molar-refractivity contribution < 1.29 is 13.9 Å². The number of methoxy groups -OCH3 is 1. The zero-order chi connectivity index (χ0) is 17.8. The van der Waals surface area contributed by atoms with Crippen LogP contribution < -0.4 is 15.8 Å². The van der Waals surface area contributed by atoms with Gasteiger partial charge in [-0.2, -0.15) is 0 Å². The van der Waals surface area contributed by atoms with Crippen LogP contribution in [0.2, 0.25) is 0 Å². The molecule has 0 aliphatic carbocycles. The summed E-state index contributed by atoms with van der Waals surface area (Å²) in [4.78, 5) is 24.1. The molecule has 6 nitrogen and oxygen atoms in total. The molecule has 1 N–H and O–H groups in total. The summed E-state index contributed by atoms with van der Waals surface area (Å²) in [5, 5.41) is 2.83. The number of aryl methyl sites for hydroxylation is 1. The molecule has 1 heterocycles. The minimum absolute atomic E-state index is 0.150. The van der Waals surface area contributed by atoms with Gasteiger partial charge in [-0.05, 0) is 36.2 Å². The topological polar surface area (TPSA) is 73.5 Å². The number of carbonyl (C=O) groups excluding carboxylic acids is 1. The van der Waals surface area contributed by atoms with Gasteiger partial charge in [-0.1, -0.05) is 19.1 Å². The lowest BCUT2D eigenvalue weighted by atomic mass is 10.1. The number of hydrogen-bond donors (Lipinski definition) is 1. The quantitative estimate of drug-likeness (QED) is 0.748. The second-order valence-corrected chi connectivity index (χ2v) is 5.78. The SMILES string of the molecule is CCCn1c(=O)oc2cc(NC(=O)Cc3cccc(OC)c3)ccc21. The molecule has 0 bridgehead atoms. The van der Waals surface area contributed by atoms with Crippen molar-refractivity contribution >= 4 is 22.7 Å². The van der Waals surface area contributed by atoms with E-state index in [1.165, 1.54) is 0 Å². The molecule has 2 aromatic carbocycles. The van der Waals surface area contributed by atoms with Crippen LogP contribution >= 0.6 is 0 Å². The van der Waals surface area contributed by atoms with Crippen molar-refractivity contribution in [3.05, 3.63) is 58.6 Å². The molecule has 6 heteroatoms. The number of amides is 1. The van der Waals surface area contributed by atoms with Crippen LogP contribution in [0, 0.1) is 0 Å².